The fourth-order valence-corrected chi connectivity index (χ4v) is 3.15. The number of carbonyl (C=O) groups excluding carboxylic acids is 1. The fraction of sp³-hybridized carbons (Fsp3) is 0.250. The molecule has 150 valence electrons. The van der Waals surface area contributed by atoms with Gasteiger partial charge in [-0.15, -0.1) is 0 Å². The average molecular weight is 389 g/mol. The molecular weight excluding hydrogens is 360 g/mol. The van der Waals surface area contributed by atoms with Gasteiger partial charge < -0.3 is 15.5 Å². The van der Waals surface area contributed by atoms with E-state index in [2.05, 4.69) is 58.1 Å². The lowest BCUT2D eigenvalue weighted by Crippen LogP contribution is -2.37. The molecule has 1 amide bonds. The van der Waals surface area contributed by atoms with E-state index in [0.717, 1.165) is 24.5 Å². The summed E-state index contributed by atoms with van der Waals surface area (Å²) in [6.45, 7) is 1.44. The lowest BCUT2D eigenvalue weighted by Gasteiger charge is -2.13. The van der Waals surface area contributed by atoms with Gasteiger partial charge in [-0.05, 0) is 40.5 Å². The summed E-state index contributed by atoms with van der Waals surface area (Å²) in [7, 11) is 5.28. The lowest BCUT2D eigenvalue weighted by atomic mass is 10.1. The Kier molecular flexibility index (Phi) is 6.85. The molecule has 0 heterocycles. The van der Waals surface area contributed by atoms with Crippen LogP contribution in [0, 0.1) is 0 Å². The predicted octanol–water partition coefficient (Wildman–Crippen LogP) is 3.45. The highest BCUT2D eigenvalue weighted by Crippen LogP contribution is 2.15. The molecule has 0 fully saturated rings. The van der Waals surface area contributed by atoms with Crippen LogP contribution in [0.1, 0.15) is 21.5 Å². The third kappa shape index (κ3) is 5.57. The van der Waals surface area contributed by atoms with Gasteiger partial charge in [0.1, 0.15) is 0 Å². The molecule has 0 unspecified atom stereocenters. The molecule has 0 aliphatic rings. The van der Waals surface area contributed by atoms with Crippen LogP contribution in [0.25, 0.3) is 10.8 Å². The first-order valence-corrected chi connectivity index (χ1v) is 9.79. The molecule has 0 aliphatic carbocycles. The maximum absolute atomic E-state index is 12.0. The Balaban J connectivity index is 1.48. The van der Waals surface area contributed by atoms with Crippen molar-refractivity contribution in [3.8, 4) is 0 Å². The Morgan fingerprint density at radius 2 is 1.59 bits per heavy atom. The van der Waals surface area contributed by atoms with Gasteiger partial charge in [-0.1, -0.05) is 54.6 Å². The van der Waals surface area contributed by atoms with Gasteiger partial charge in [-0.2, -0.15) is 0 Å². The molecule has 5 heteroatoms. The fourth-order valence-electron chi connectivity index (χ4n) is 3.15. The smallest absolute Gasteiger partial charge is 0.253 e. The van der Waals surface area contributed by atoms with Crippen molar-refractivity contribution >= 4 is 22.6 Å². The molecule has 0 radical (unpaired) electrons. The second kappa shape index (κ2) is 9.73. The predicted molar refractivity (Wildman–Crippen MR) is 120 cm³/mol. The Labute approximate surface area is 172 Å². The molecule has 0 saturated carbocycles. The summed E-state index contributed by atoms with van der Waals surface area (Å²) >= 11 is 0. The highest BCUT2D eigenvalue weighted by atomic mass is 16.2. The van der Waals surface area contributed by atoms with Gasteiger partial charge in [-0.3, -0.25) is 9.79 Å². The number of nitrogens with zero attached hydrogens (tertiary/aromatic N) is 2. The summed E-state index contributed by atoms with van der Waals surface area (Å²) in [6.07, 6.45) is 0.923. The molecule has 0 saturated heterocycles. The van der Waals surface area contributed by atoms with Gasteiger partial charge in [0.15, 0.2) is 5.96 Å². The van der Waals surface area contributed by atoms with E-state index in [1.807, 2.05) is 24.3 Å². The van der Waals surface area contributed by atoms with Crippen LogP contribution in [0.5, 0.6) is 0 Å². The van der Waals surface area contributed by atoms with Crippen LogP contribution in [-0.2, 0) is 13.0 Å². The van der Waals surface area contributed by atoms with Crippen LogP contribution in [0.15, 0.2) is 71.7 Å². The maximum atomic E-state index is 12.0. The zero-order valence-corrected chi connectivity index (χ0v) is 17.3. The number of nitrogens with one attached hydrogen (secondary N) is 2. The zero-order chi connectivity index (χ0) is 20.6. The quantitative estimate of drug-likeness (QED) is 0.502. The van der Waals surface area contributed by atoms with Gasteiger partial charge >= 0.3 is 0 Å². The normalized spacial score (nSPS) is 11.3. The third-order valence-electron chi connectivity index (χ3n) is 4.81. The van der Waals surface area contributed by atoms with Crippen LogP contribution in [0.3, 0.4) is 0 Å². The van der Waals surface area contributed by atoms with Gasteiger partial charge in [0.05, 0.1) is 0 Å². The minimum Gasteiger partial charge on any atom is -0.356 e. The number of benzene rings is 3. The number of hydrogen-bond donors (Lipinski definition) is 2. The van der Waals surface area contributed by atoms with Crippen LogP contribution >= 0.6 is 0 Å². The molecule has 2 N–H and O–H groups in total. The molecule has 0 aliphatic heterocycles. The van der Waals surface area contributed by atoms with E-state index in [0.29, 0.717) is 12.1 Å². The standard InChI is InChI=1S/C24H28N4O/c1-25-24(27-17-19-9-12-21(13-10-19)23(29)28(2)3)26-15-14-18-8-11-20-6-4-5-7-22(20)16-18/h4-13,16H,14-15,17H2,1-3H3,(H2,25,26,27). The third-order valence-corrected chi connectivity index (χ3v) is 4.81. The largest absolute Gasteiger partial charge is 0.356 e. The molecular formula is C24H28N4O. The molecule has 29 heavy (non-hydrogen) atoms. The van der Waals surface area contributed by atoms with Crippen molar-refractivity contribution in [1.82, 2.24) is 15.5 Å². The van der Waals surface area contributed by atoms with E-state index in [-0.39, 0.29) is 5.91 Å². The Bertz CT molecular complexity index is 993. The highest BCUT2D eigenvalue weighted by Gasteiger charge is 2.07. The molecule has 0 spiro atoms. The van der Waals surface area contributed by atoms with E-state index in [9.17, 15) is 4.79 Å². The summed E-state index contributed by atoms with van der Waals surface area (Å²) in [5.74, 6) is 0.773. The molecule has 3 rings (SSSR count). The maximum Gasteiger partial charge on any atom is 0.253 e. The number of guanidine groups is 1. The molecule has 3 aromatic rings. The Hall–Kier alpha value is -3.34. The minimum atomic E-state index is 0.00989. The monoisotopic (exact) mass is 388 g/mol. The van der Waals surface area contributed by atoms with Gasteiger partial charge in [0, 0.05) is 39.8 Å². The first kappa shape index (κ1) is 20.4. The number of rotatable bonds is 6. The van der Waals surface area contributed by atoms with Crippen LogP contribution in [-0.4, -0.2) is 44.5 Å². The first-order chi connectivity index (χ1) is 14.1. The second-order valence-electron chi connectivity index (χ2n) is 7.18. The van der Waals surface area contributed by atoms with Gasteiger partial charge in [0.2, 0.25) is 0 Å². The number of hydrogen-bond acceptors (Lipinski definition) is 2. The zero-order valence-electron chi connectivity index (χ0n) is 17.3. The van der Waals surface area contributed by atoms with E-state index in [4.69, 9.17) is 0 Å². The SMILES string of the molecule is CN=C(NCCc1ccc2ccccc2c1)NCc1ccc(C(=O)N(C)C)cc1. The number of amides is 1. The van der Waals surface area contributed by atoms with Crippen molar-refractivity contribution in [2.45, 2.75) is 13.0 Å². The van der Waals surface area contributed by atoms with Crippen molar-refractivity contribution in [1.29, 1.82) is 0 Å². The van der Waals surface area contributed by atoms with E-state index < -0.39 is 0 Å². The molecule has 5 nitrogen and oxygen atoms in total. The number of aliphatic imine (C=N–C) groups is 1. The summed E-state index contributed by atoms with van der Waals surface area (Å²) in [6, 6.07) is 22.6. The molecule has 3 aromatic carbocycles. The molecule has 0 aromatic heterocycles. The van der Waals surface area contributed by atoms with Crippen LogP contribution in [0.4, 0.5) is 0 Å². The average Bonchev–Trinajstić information content (AvgIpc) is 2.75. The Morgan fingerprint density at radius 1 is 0.897 bits per heavy atom. The van der Waals surface area contributed by atoms with E-state index in [1.165, 1.54) is 16.3 Å². The molecule has 0 atom stereocenters. The summed E-state index contributed by atoms with van der Waals surface area (Å²) in [5.41, 5.74) is 3.09. The van der Waals surface area contributed by atoms with E-state index >= 15 is 0 Å². The minimum absolute atomic E-state index is 0.00989. The van der Waals surface area contributed by atoms with Crippen molar-refractivity contribution < 1.29 is 4.79 Å². The van der Waals surface area contributed by atoms with Crippen molar-refractivity contribution in [2.75, 3.05) is 27.7 Å². The Morgan fingerprint density at radius 3 is 2.28 bits per heavy atom. The van der Waals surface area contributed by atoms with Crippen molar-refractivity contribution in [3.63, 3.8) is 0 Å². The molecule has 0 bridgehead atoms. The van der Waals surface area contributed by atoms with Crippen LogP contribution in [0.2, 0.25) is 0 Å². The van der Waals surface area contributed by atoms with Crippen LogP contribution < -0.4 is 10.6 Å². The second-order valence-corrected chi connectivity index (χ2v) is 7.18. The topological polar surface area (TPSA) is 56.7 Å². The van der Waals surface area contributed by atoms with E-state index in [1.54, 1.807) is 26.0 Å². The van der Waals surface area contributed by atoms with Crippen molar-refractivity contribution in [2.24, 2.45) is 4.99 Å². The van der Waals surface area contributed by atoms with Gasteiger partial charge in [0.25, 0.3) is 5.91 Å². The summed E-state index contributed by atoms with van der Waals surface area (Å²) in [4.78, 5) is 17.8. The summed E-state index contributed by atoms with van der Waals surface area (Å²) in [5, 5.41) is 9.21. The van der Waals surface area contributed by atoms with Crippen molar-refractivity contribution in [3.05, 3.63) is 83.4 Å². The van der Waals surface area contributed by atoms with Gasteiger partial charge in [-0.25, -0.2) is 0 Å². The number of carbonyl (C=O) groups is 1. The highest BCUT2D eigenvalue weighted by molar-refractivity contribution is 5.93. The summed E-state index contributed by atoms with van der Waals surface area (Å²) < 4.78 is 0. The lowest BCUT2D eigenvalue weighted by molar-refractivity contribution is 0.0827. The first-order valence-electron chi connectivity index (χ1n) is 9.79. The number of fused-ring (bicyclic) bond motifs is 1.